The molecule has 0 saturated heterocycles. The van der Waals surface area contributed by atoms with Gasteiger partial charge in [-0.3, -0.25) is 4.79 Å². The van der Waals surface area contributed by atoms with Crippen molar-refractivity contribution in [2.24, 2.45) is 11.3 Å². The van der Waals surface area contributed by atoms with Gasteiger partial charge in [-0.25, -0.2) is 17.9 Å². The fraction of sp³-hybridized carbons (Fsp3) is 0.833. The van der Waals surface area contributed by atoms with Crippen molar-refractivity contribution < 1.29 is 23.1 Å². The number of nitrogens with one attached hydrogen (secondary N) is 3. The van der Waals surface area contributed by atoms with Gasteiger partial charge in [-0.2, -0.15) is 0 Å². The molecule has 0 aliphatic carbocycles. The zero-order chi connectivity index (χ0) is 16.7. The third-order valence-corrected chi connectivity index (χ3v) is 4.05. The van der Waals surface area contributed by atoms with Gasteiger partial charge < -0.3 is 15.7 Å². The first-order chi connectivity index (χ1) is 9.47. The van der Waals surface area contributed by atoms with E-state index in [9.17, 15) is 18.0 Å². The molecule has 0 aliphatic heterocycles. The lowest BCUT2D eigenvalue weighted by Gasteiger charge is -2.23. The van der Waals surface area contributed by atoms with E-state index < -0.39 is 27.9 Å². The summed E-state index contributed by atoms with van der Waals surface area (Å²) in [4.78, 5) is 22.6. The summed E-state index contributed by atoms with van der Waals surface area (Å²) in [5, 5.41) is 13.9. The number of carboxylic acid groups (broad SMARTS) is 1. The minimum atomic E-state index is -3.37. The van der Waals surface area contributed by atoms with Gasteiger partial charge in [0.15, 0.2) is 0 Å². The summed E-state index contributed by atoms with van der Waals surface area (Å²) >= 11 is 0. The van der Waals surface area contributed by atoms with Crippen molar-refractivity contribution in [2.75, 3.05) is 25.9 Å². The molecule has 1 unspecified atom stereocenters. The van der Waals surface area contributed by atoms with Crippen LogP contribution < -0.4 is 15.4 Å². The van der Waals surface area contributed by atoms with Crippen LogP contribution in [-0.2, 0) is 14.8 Å². The fourth-order valence-corrected chi connectivity index (χ4v) is 2.24. The molecular weight excluding hydrogens is 298 g/mol. The van der Waals surface area contributed by atoms with Crippen molar-refractivity contribution >= 4 is 22.0 Å². The summed E-state index contributed by atoms with van der Waals surface area (Å²) < 4.78 is 24.4. The molecule has 2 amide bonds. The van der Waals surface area contributed by atoms with Gasteiger partial charge in [-0.05, 0) is 18.9 Å². The first kappa shape index (κ1) is 19.7. The maximum absolute atomic E-state index is 11.5. The quantitative estimate of drug-likeness (QED) is 0.499. The number of urea groups is 1. The van der Waals surface area contributed by atoms with Crippen LogP contribution in [0.5, 0.6) is 0 Å². The number of carbonyl (C=O) groups excluding carboxylic acids is 1. The third-order valence-electron chi connectivity index (χ3n) is 2.68. The Morgan fingerprint density at radius 3 is 2.19 bits per heavy atom. The van der Waals surface area contributed by atoms with E-state index in [1.165, 1.54) is 7.05 Å². The Balaban J connectivity index is 4.18. The summed E-state index contributed by atoms with van der Waals surface area (Å²) in [7, 11) is -2.08. The minimum absolute atomic E-state index is 0.00276. The molecule has 9 heteroatoms. The molecule has 21 heavy (non-hydrogen) atoms. The molecule has 0 aromatic rings. The van der Waals surface area contributed by atoms with Crippen molar-refractivity contribution in [1.29, 1.82) is 0 Å². The molecule has 124 valence electrons. The van der Waals surface area contributed by atoms with E-state index in [-0.39, 0.29) is 24.3 Å². The highest BCUT2D eigenvalue weighted by atomic mass is 32.2. The number of sulfonamides is 1. The van der Waals surface area contributed by atoms with Gasteiger partial charge in [-0.15, -0.1) is 0 Å². The van der Waals surface area contributed by atoms with Gasteiger partial charge in [0.05, 0.1) is 11.7 Å². The van der Waals surface area contributed by atoms with E-state index in [0.717, 1.165) is 0 Å². The predicted octanol–water partition coefficient (Wildman–Crippen LogP) is -0.0282. The fourth-order valence-electron chi connectivity index (χ4n) is 1.67. The van der Waals surface area contributed by atoms with Crippen molar-refractivity contribution in [3.05, 3.63) is 0 Å². The highest BCUT2D eigenvalue weighted by molar-refractivity contribution is 7.89. The number of hydrogen-bond acceptors (Lipinski definition) is 4. The SMILES string of the molecule is CNS(=O)(=O)CCNC(=O)NCC(CC(C)(C)C)C(=O)O. The Kier molecular flexibility index (Phi) is 7.65. The number of aliphatic carboxylic acids is 1. The molecule has 0 saturated carbocycles. The Labute approximate surface area is 125 Å². The number of hydrogen-bond donors (Lipinski definition) is 4. The smallest absolute Gasteiger partial charge is 0.314 e. The number of amides is 2. The summed E-state index contributed by atoms with van der Waals surface area (Å²) in [6.45, 7) is 5.71. The average molecular weight is 323 g/mol. The van der Waals surface area contributed by atoms with Gasteiger partial charge in [0, 0.05) is 13.1 Å². The van der Waals surface area contributed by atoms with E-state index >= 15 is 0 Å². The largest absolute Gasteiger partial charge is 0.481 e. The second kappa shape index (κ2) is 8.18. The van der Waals surface area contributed by atoms with E-state index in [4.69, 9.17) is 5.11 Å². The summed E-state index contributed by atoms with van der Waals surface area (Å²) in [5.74, 6) is -1.89. The van der Waals surface area contributed by atoms with Crippen LogP contribution >= 0.6 is 0 Å². The second-order valence-corrected chi connectivity index (χ2v) is 8.01. The second-order valence-electron chi connectivity index (χ2n) is 5.96. The highest BCUT2D eigenvalue weighted by Crippen LogP contribution is 2.24. The Hall–Kier alpha value is -1.35. The molecule has 0 bridgehead atoms. The minimum Gasteiger partial charge on any atom is -0.481 e. The number of rotatable bonds is 8. The molecule has 0 aliphatic rings. The third kappa shape index (κ3) is 10.1. The highest BCUT2D eigenvalue weighted by Gasteiger charge is 2.24. The van der Waals surface area contributed by atoms with E-state index in [0.29, 0.717) is 6.42 Å². The van der Waals surface area contributed by atoms with Crippen LogP contribution in [0.1, 0.15) is 27.2 Å². The first-order valence-electron chi connectivity index (χ1n) is 6.62. The molecule has 0 aromatic carbocycles. The lowest BCUT2D eigenvalue weighted by molar-refractivity contribution is -0.142. The normalized spacial score (nSPS) is 13.5. The van der Waals surface area contributed by atoms with Crippen molar-refractivity contribution in [3.63, 3.8) is 0 Å². The number of carboxylic acids is 1. The molecule has 8 nitrogen and oxygen atoms in total. The molecule has 0 heterocycles. The van der Waals surface area contributed by atoms with Crippen LogP contribution in [-0.4, -0.2) is 51.4 Å². The van der Waals surface area contributed by atoms with Crippen LogP contribution in [0.4, 0.5) is 4.79 Å². The van der Waals surface area contributed by atoms with Gasteiger partial charge in [0.2, 0.25) is 10.0 Å². The maximum Gasteiger partial charge on any atom is 0.314 e. The average Bonchev–Trinajstić information content (AvgIpc) is 2.32. The topological polar surface area (TPSA) is 125 Å². The lowest BCUT2D eigenvalue weighted by Crippen LogP contribution is -2.42. The molecule has 0 aromatic heterocycles. The predicted molar refractivity (Wildman–Crippen MR) is 79.4 cm³/mol. The molecule has 0 rings (SSSR count). The Morgan fingerprint density at radius 1 is 1.19 bits per heavy atom. The molecule has 0 spiro atoms. The van der Waals surface area contributed by atoms with Crippen molar-refractivity contribution in [3.8, 4) is 0 Å². The van der Waals surface area contributed by atoms with Gasteiger partial charge in [0.1, 0.15) is 0 Å². The van der Waals surface area contributed by atoms with E-state index in [1.54, 1.807) is 0 Å². The summed E-state index contributed by atoms with van der Waals surface area (Å²) in [6, 6.07) is -0.582. The van der Waals surface area contributed by atoms with E-state index in [2.05, 4.69) is 15.4 Å². The van der Waals surface area contributed by atoms with Crippen LogP contribution in [0.25, 0.3) is 0 Å². The van der Waals surface area contributed by atoms with Crippen LogP contribution in [0.2, 0.25) is 0 Å². The van der Waals surface area contributed by atoms with Gasteiger partial charge >= 0.3 is 12.0 Å². The molecule has 4 N–H and O–H groups in total. The van der Waals surface area contributed by atoms with Crippen molar-refractivity contribution in [1.82, 2.24) is 15.4 Å². The van der Waals surface area contributed by atoms with Crippen LogP contribution in [0.3, 0.4) is 0 Å². The summed E-state index contributed by atoms with van der Waals surface area (Å²) in [5.41, 5.74) is -0.165. The maximum atomic E-state index is 11.5. The Morgan fingerprint density at radius 2 is 1.76 bits per heavy atom. The van der Waals surface area contributed by atoms with Gasteiger partial charge in [0.25, 0.3) is 0 Å². The first-order valence-corrected chi connectivity index (χ1v) is 8.28. The van der Waals surface area contributed by atoms with Gasteiger partial charge in [-0.1, -0.05) is 20.8 Å². The van der Waals surface area contributed by atoms with Crippen molar-refractivity contribution in [2.45, 2.75) is 27.2 Å². The van der Waals surface area contributed by atoms with Crippen LogP contribution in [0, 0.1) is 11.3 Å². The molecule has 0 radical (unpaired) electrons. The molecule has 1 atom stereocenters. The molecule has 0 fully saturated rings. The van der Waals surface area contributed by atoms with Crippen LogP contribution in [0.15, 0.2) is 0 Å². The number of carbonyl (C=O) groups is 2. The summed E-state index contributed by atoms with van der Waals surface area (Å²) in [6.07, 6.45) is 0.427. The zero-order valence-electron chi connectivity index (χ0n) is 12.9. The van der Waals surface area contributed by atoms with E-state index in [1.807, 2.05) is 20.8 Å². The monoisotopic (exact) mass is 323 g/mol. The molecular formula is C12H25N3O5S. The zero-order valence-corrected chi connectivity index (χ0v) is 13.7. The Bertz CT molecular complexity index is 456. The standard InChI is InChI=1S/C12H25N3O5S/c1-12(2,3)7-9(10(16)17)8-15-11(18)14-5-6-21(19,20)13-4/h9,13H,5-8H2,1-4H3,(H,16,17)(H2,14,15,18). The lowest BCUT2D eigenvalue weighted by atomic mass is 9.84.